The highest BCUT2D eigenvalue weighted by Crippen LogP contribution is 2.39. The zero-order valence-corrected chi connectivity index (χ0v) is 20.7. The predicted octanol–water partition coefficient (Wildman–Crippen LogP) is 7.40. The first-order chi connectivity index (χ1) is 18.1. The highest BCUT2D eigenvalue weighted by atomic mass is 19.2. The van der Waals surface area contributed by atoms with Crippen molar-refractivity contribution in [2.75, 3.05) is 6.61 Å². The second-order valence-corrected chi connectivity index (χ2v) is 8.96. The fourth-order valence-corrected chi connectivity index (χ4v) is 4.49. The minimum Gasteiger partial charge on any atom is -0.491 e. The van der Waals surface area contributed by atoms with Crippen LogP contribution in [0.2, 0.25) is 0 Å². The number of carbonyl (C=O) groups excluding carboxylic acids is 1. The summed E-state index contributed by atoms with van der Waals surface area (Å²) in [6, 6.07) is 8.82. The number of aliphatic hydroxyl groups is 1. The third-order valence-corrected chi connectivity index (χ3v) is 6.51. The molecule has 0 aromatic heterocycles. The van der Waals surface area contributed by atoms with Crippen molar-refractivity contribution in [1.29, 1.82) is 0 Å². The molecule has 0 amide bonds. The van der Waals surface area contributed by atoms with Crippen LogP contribution in [0.1, 0.15) is 72.2 Å². The van der Waals surface area contributed by atoms with Gasteiger partial charge in [0.15, 0.2) is 34.8 Å². The van der Waals surface area contributed by atoms with Gasteiger partial charge >= 0.3 is 5.97 Å². The van der Waals surface area contributed by atoms with Crippen molar-refractivity contribution in [3.8, 4) is 11.5 Å². The van der Waals surface area contributed by atoms with Crippen LogP contribution in [0.25, 0.3) is 5.57 Å². The van der Waals surface area contributed by atoms with Crippen molar-refractivity contribution in [1.82, 2.24) is 0 Å². The summed E-state index contributed by atoms with van der Waals surface area (Å²) >= 11 is 0. The summed E-state index contributed by atoms with van der Waals surface area (Å²) in [4.78, 5) is 12.4. The fraction of sp³-hybridized carbons (Fsp3) is 0.276. The highest BCUT2D eigenvalue weighted by molar-refractivity contribution is 5.91. The molecular weight excluding hydrogens is 507 g/mol. The van der Waals surface area contributed by atoms with Crippen LogP contribution < -0.4 is 9.47 Å². The number of benzene rings is 3. The molecule has 0 heterocycles. The summed E-state index contributed by atoms with van der Waals surface area (Å²) in [7, 11) is 0. The van der Waals surface area contributed by atoms with Gasteiger partial charge in [-0.15, -0.1) is 0 Å². The number of rotatable bonds is 7. The molecule has 3 aromatic carbocycles. The standard InChI is InChI=1S/C29H25F5O4/c1-3-37-24-13-11-21(27(33)28(24)34)29(36)38-23-12-8-18(14-22(23)30)16-4-6-17(7-5-16)20-10-9-19(15(2)35)25(31)26(20)32/h4,8-15,17,35H,3,5-7H2,1-2H3. The van der Waals surface area contributed by atoms with E-state index in [1.54, 1.807) is 6.92 Å². The summed E-state index contributed by atoms with van der Waals surface area (Å²) in [6.07, 6.45) is 2.01. The fourth-order valence-electron chi connectivity index (χ4n) is 4.49. The van der Waals surface area contributed by atoms with Crippen LogP contribution in [-0.4, -0.2) is 17.7 Å². The van der Waals surface area contributed by atoms with Gasteiger partial charge in [0, 0.05) is 5.56 Å². The van der Waals surface area contributed by atoms with Gasteiger partial charge in [0.05, 0.1) is 18.3 Å². The van der Waals surface area contributed by atoms with Gasteiger partial charge in [0.25, 0.3) is 0 Å². The lowest BCUT2D eigenvalue weighted by Crippen LogP contribution is -2.13. The lowest BCUT2D eigenvalue weighted by atomic mass is 9.82. The molecule has 1 aliphatic carbocycles. The Bertz CT molecular complexity index is 1400. The maximum absolute atomic E-state index is 14.8. The smallest absolute Gasteiger partial charge is 0.346 e. The van der Waals surface area contributed by atoms with Crippen molar-refractivity contribution >= 4 is 11.5 Å². The van der Waals surface area contributed by atoms with Gasteiger partial charge in [-0.3, -0.25) is 0 Å². The van der Waals surface area contributed by atoms with E-state index < -0.39 is 52.5 Å². The lowest BCUT2D eigenvalue weighted by molar-refractivity contribution is 0.0721. The molecule has 4 rings (SSSR count). The average Bonchev–Trinajstić information content (AvgIpc) is 2.89. The zero-order chi connectivity index (χ0) is 27.6. The van der Waals surface area contributed by atoms with Crippen LogP contribution in [0.3, 0.4) is 0 Å². The zero-order valence-electron chi connectivity index (χ0n) is 20.7. The van der Waals surface area contributed by atoms with Crippen LogP contribution in [0.15, 0.2) is 48.5 Å². The van der Waals surface area contributed by atoms with Gasteiger partial charge in [-0.25, -0.2) is 22.4 Å². The number of esters is 1. The summed E-state index contributed by atoms with van der Waals surface area (Å²) in [6.45, 7) is 3.05. The molecule has 0 saturated carbocycles. The Balaban J connectivity index is 1.47. The third kappa shape index (κ3) is 5.43. The monoisotopic (exact) mass is 532 g/mol. The Morgan fingerprint density at radius 1 is 0.974 bits per heavy atom. The lowest BCUT2D eigenvalue weighted by Gasteiger charge is -2.24. The van der Waals surface area contributed by atoms with Crippen LogP contribution >= 0.6 is 0 Å². The first-order valence-corrected chi connectivity index (χ1v) is 12.1. The van der Waals surface area contributed by atoms with Crippen LogP contribution in [0.4, 0.5) is 22.0 Å². The van der Waals surface area contributed by atoms with Crippen molar-refractivity contribution in [2.45, 2.75) is 45.1 Å². The van der Waals surface area contributed by atoms with Crippen molar-refractivity contribution in [3.63, 3.8) is 0 Å². The topological polar surface area (TPSA) is 55.8 Å². The molecule has 3 aromatic rings. The van der Waals surface area contributed by atoms with E-state index in [9.17, 15) is 31.9 Å². The van der Waals surface area contributed by atoms with Gasteiger partial charge in [0.2, 0.25) is 5.82 Å². The third-order valence-electron chi connectivity index (χ3n) is 6.51. The molecule has 1 aliphatic rings. The number of ether oxygens (including phenoxy) is 2. The molecule has 2 unspecified atom stereocenters. The molecule has 0 fully saturated rings. The number of allylic oxidation sites excluding steroid dienone is 2. The number of carbonyl (C=O) groups is 1. The van der Waals surface area contributed by atoms with E-state index in [0.29, 0.717) is 24.8 Å². The van der Waals surface area contributed by atoms with E-state index in [2.05, 4.69) is 0 Å². The summed E-state index contributed by atoms with van der Waals surface area (Å²) in [5.41, 5.74) is 0.688. The number of halogens is 5. The maximum Gasteiger partial charge on any atom is 0.346 e. The molecule has 0 radical (unpaired) electrons. The maximum atomic E-state index is 14.8. The SMILES string of the molecule is CCOc1ccc(C(=O)Oc2ccc(C3=CCC(c4ccc(C(C)O)c(F)c4F)CC3)cc2F)c(F)c1F. The predicted molar refractivity (Wildman–Crippen MR) is 130 cm³/mol. The van der Waals surface area contributed by atoms with E-state index in [4.69, 9.17) is 9.47 Å². The second-order valence-electron chi connectivity index (χ2n) is 8.96. The van der Waals surface area contributed by atoms with Gasteiger partial charge < -0.3 is 14.6 Å². The Kier molecular flexibility index (Phi) is 8.16. The van der Waals surface area contributed by atoms with Gasteiger partial charge in [-0.1, -0.05) is 24.3 Å². The van der Waals surface area contributed by atoms with Gasteiger partial charge in [-0.05, 0) is 80.0 Å². The Morgan fingerprint density at radius 3 is 2.34 bits per heavy atom. The Labute approximate surface area is 216 Å². The number of hydrogen-bond acceptors (Lipinski definition) is 4. The molecule has 2 atom stereocenters. The van der Waals surface area contributed by atoms with Crippen molar-refractivity contribution < 1.29 is 41.3 Å². The van der Waals surface area contributed by atoms with Crippen molar-refractivity contribution in [3.05, 3.63) is 99.9 Å². The van der Waals surface area contributed by atoms with E-state index in [1.165, 1.54) is 31.2 Å². The minimum atomic E-state index is -1.46. The normalized spacial score (nSPS) is 16.1. The largest absolute Gasteiger partial charge is 0.491 e. The summed E-state index contributed by atoms with van der Waals surface area (Å²) in [5.74, 6) is -8.11. The van der Waals surface area contributed by atoms with Crippen molar-refractivity contribution in [2.24, 2.45) is 0 Å². The first-order valence-electron chi connectivity index (χ1n) is 12.1. The van der Waals surface area contributed by atoms with Crippen LogP contribution in [0.5, 0.6) is 11.5 Å². The van der Waals surface area contributed by atoms with Crippen LogP contribution in [0, 0.1) is 29.1 Å². The molecule has 0 aliphatic heterocycles. The Hall–Kier alpha value is -3.72. The second kappa shape index (κ2) is 11.3. The summed E-state index contributed by atoms with van der Waals surface area (Å²) in [5, 5.41) is 9.58. The quantitative estimate of drug-likeness (QED) is 0.196. The molecular formula is C29H25F5O4. The molecule has 0 spiro atoms. The van der Waals surface area contributed by atoms with E-state index >= 15 is 0 Å². The number of hydrogen-bond donors (Lipinski definition) is 1. The highest BCUT2D eigenvalue weighted by Gasteiger charge is 2.25. The molecule has 4 nitrogen and oxygen atoms in total. The van der Waals surface area contributed by atoms with E-state index in [1.807, 2.05) is 6.08 Å². The minimum absolute atomic E-state index is 0.0985. The molecule has 1 N–H and O–H groups in total. The molecule has 0 bridgehead atoms. The average molecular weight is 533 g/mol. The molecule has 0 saturated heterocycles. The summed E-state index contributed by atoms with van der Waals surface area (Å²) < 4.78 is 81.9. The first kappa shape index (κ1) is 27.3. The molecule has 200 valence electrons. The van der Waals surface area contributed by atoms with Crippen LogP contribution in [-0.2, 0) is 0 Å². The Morgan fingerprint density at radius 2 is 1.71 bits per heavy atom. The van der Waals surface area contributed by atoms with E-state index in [-0.39, 0.29) is 29.4 Å². The van der Waals surface area contributed by atoms with Gasteiger partial charge in [0.1, 0.15) is 0 Å². The molecule has 38 heavy (non-hydrogen) atoms. The molecule has 9 heteroatoms. The van der Waals surface area contributed by atoms with Gasteiger partial charge in [-0.2, -0.15) is 4.39 Å². The number of aliphatic hydroxyl groups excluding tert-OH is 1. The van der Waals surface area contributed by atoms with E-state index in [0.717, 1.165) is 23.8 Å².